The summed E-state index contributed by atoms with van der Waals surface area (Å²) in [6.07, 6.45) is -0.672. The molecule has 0 amide bonds. The molecule has 0 N–H and O–H groups in total. The molecule has 14 heteroatoms. The van der Waals surface area contributed by atoms with Gasteiger partial charge in [0.15, 0.2) is 0 Å². The molecule has 0 radical (unpaired) electrons. The number of aromatic nitrogens is 4. The topological polar surface area (TPSA) is 85.5 Å². The zero-order chi connectivity index (χ0) is 31.9. The Balaban J connectivity index is 1.42. The summed E-state index contributed by atoms with van der Waals surface area (Å²) in [4.78, 5) is 39.8. The van der Waals surface area contributed by atoms with Crippen LogP contribution in [0.1, 0.15) is 25.7 Å². The van der Waals surface area contributed by atoms with Crippen LogP contribution in [0.4, 0.5) is 19.1 Å². The van der Waals surface area contributed by atoms with Gasteiger partial charge in [-0.2, -0.15) is 18.2 Å². The fraction of sp³-hybridized carbons (Fsp3) is 0.355. The average Bonchev–Trinajstić information content (AvgIpc) is 3.60. The molecule has 3 aromatic heterocycles. The van der Waals surface area contributed by atoms with E-state index in [2.05, 4.69) is 14.5 Å². The number of benzene rings is 2. The van der Waals surface area contributed by atoms with Crippen LogP contribution in [-0.2, 0) is 11.3 Å². The monoisotopic (exact) mass is 658 g/mol. The minimum atomic E-state index is -5.29. The number of thiophene rings is 1. The third kappa shape index (κ3) is 6.42. The highest BCUT2D eigenvalue weighted by Gasteiger charge is 2.42. The van der Waals surface area contributed by atoms with Gasteiger partial charge >= 0.3 is 18.2 Å². The number of fused-ring (bicyclic) bond motifs is 2. The second-order valence-corrected chi connectivity index (χ2v) is 12.6. The number of aryl methyl sites for hydroxylation is 1. The lowest BCUT2D eigenvalue weighted by Gasteiger charge is -2.26. The van der Waals surface area contributed by atoms with Gasteiger partial charge in [-0.1, -0.05) is 30.2 Å². The Morgan fingerprint density at radius 1 is 1.00 bits per heavy atom. The van der Waals surface area contributed by atoms with E-state index in [1.165, 1.54) is 19.3 Å². The minimum absolute atomic E-state index is 0.102. The molecule has 1 aliphatic rings. The van der Waals surface area contributed by atoms with E-state index >= 15 is 0 Å². The molecule has 45 heavy (non-hydrogen) atoms. The molecule has 1 fully saturated rings. The molecular weight excluding hydrogens is 629 g/mol. The maximum Gasteiger partial charge on any atom is 0.491 e. The molecule has 0 atom stereocenters. The van der Waals surface area contributed by atoms with Crippen LogP contribution in [0.3, 0.4) is 0 Å². The zero-order valence-electron chi connectivity index (χ0n) is 24.6. The molecule has 4 heterocycles. The molecule has 0 bridgehead atoms. The van der Waals surface area contributed by atoms with Gasteiger partial charge in [0.05, 0.1) is 22.2 Å². The van der Waals surface area contributed by atoms with E-state index in [-0.39, 0.29) is 15.9 Å². The molecule has 6 rings (SSSR count). The third-order valence-corrected chi connectivity index (χ3v) is 9.15. The summed E-state index contributed by atoms with van der Waals surface area (Å²) < 4.78 is 47.7. The van der Waals surface area contributed by atoms with Gasteiger partial charge in [0, 0.05) is 30.5 Å². The zero-order valence-corrected chi connectivity index (χ0v) is 26.2. The molecule has 0 aliphatic carbocycles. The van der Waals surface area contributed by atoms with Crippen LogP contribution in [0.25, 0.3) is 37.4 Å². The molecule has 0 saturated carbocycles. The molecule has 0 unspecified atom stereocenters. The lowest BCUT2D eigenvalue weighted by Crippen LogP contribution is -2.31. The first-order chi connectivity index (χ1) is 21.5. The van der Waals surface area contributed by atoms with Crippen molar-refractivity contribution in [1.29, 1.82) is 0 Å². The summed E-state index contributed by atoms with van der Waals surface area (Å²) in [6.45, 7) is 3.89. The van der Waals surface area contributed by atoms with Crippen molar-refractivity contribution in [2.24, 2.45) is 0 Å². The van der Waals surface area contributed by atoms with E-state index in [4.69, 9.17) is 21.3 Å². The van der Waals surface area contributed by atoms with Crippen molar-refractivity contribution >= 4 is 56.1 Å². The third-order valence-electron chi connectivity index (χ3n) is 7.74. The Kier molecular flexibility index (Phi) is 8.59. The first kappa shape index (κ1) is 31.1. The summed E-state index contributed by atoms with van der Waals surface area (Å²) in [5.41, 5.74) is 1.66. The van der Waals surface area contributed by atoms with Crippen LogP contribution in [0.5, 0.6) is 6.01 Å². The number of imidazole rings is 1. The molecular formula is C31H30ClF3N6O3S. The van der Waals surface area contributed by atoms with E-state index in [1.54, 1.807) is 48.5 Å². The number of ether oxygens (including phenoxy) is 1. The summed E-state index contributed by atoms with van der Waals surface area (Å²) in [6, 6.07) is 12.6. The number of hydrogen-bond donors (Lipinski definition) is 0. The van der Waals surface area contributed by atoms with Crippen LogP contribution >= 0.6 is 22.9 Å². The summed E-state index contributed by atoms with van der Waals surface area (Å²) in [5.74, 6) is -1.78. The van der Waals surface area contributed by atoms with E-state index < -0.39 is 23.7 Å². The molecule has 1 saturated heterocycles. The Labute approximate surface area is 265 Å². The highest BCUT2D eigenvalue weighted by atomic mass is 35.5. The quantitative estimate of drug-likeness (QED) is 0.175. The average molecular weight is 659 g/mol. The summed E-state index contributed by atoms with van der Waals surface area (Å²) in [5, 5.41) is 0.527. The second kappa shape index (κ2) is 12.5. The highest BCUT2D eigenvalue weighted by molar-refractivity contribution is 7.22. The Hall–Kier alpha value is -3.94. The summed E-state index contributed by atoms with van der Waals surface area (Å²) in [7, 11) is 3.77. The molecule has 1 aliphatic heterocycles. The number of piperidine rings is 1. The minimum Gasteiger partial charge on any atom is -0.385 e. The largest absolute Gasteiger partial charge is 0.491 e. The van der Waals surface area contributed by atoms with Crippen molar-refractivity contribution in [3.8, 4) is 22.1 Å². The lowest BCUT2D eigenvalue weighted by atomic mass is 10.1. The van der Waals surface area contributed by atoms with Crippen molar-refractivity contribution < 1.29 is 22.7 Å². The fourth-order valence-electron chi connectivity index (χ4n) is 5.59. The van der Waals surface area contributed by atoms with Crippen molar-refractivity contribution in [2.45, 2.75) is 38.4 Å². The van der Waals surface area contributed by atoms with Gasteiger partial charge in [-0.25, -0.2) is 14.3 Å². The van der Waals surface area contributed by atoms with E-state index in [0.717, 1.165) is 53.0 Å². The highest BCUT2D eigenvalue weighted by Crippen LogP contribution is 2.34. The van der Waals surface area contributed by atoms with Gasteiger partial charge in [-0.05, 0) is 80.9 Å². The fourth-order valence-corrected chi connectivity index (χ4v) is 6.75. The normalized spacial score (nSPS) is 14.4. The van der Waals surface area contributed by atoms with Crippen molar-refractivity contribution in [3.05, 3.63) is 63.9 Å². The lowest BCUT2D eigenvalue weighted by molar-refractivity contribution is -0.190. The number of hydrogen-bond acceptors (Lipinski definition) is 8. The number of nitrogens with zero attached hydrogens (tertiary/aromatic N) is 6. The van der Waals surface area contributed by atoms with Gasteiger partial charge < -0.3 is 19.1 Å². The number of carbonyl (C=O) groups is 1. The van der Waals surface area contributed by atoms with E-state index in [1.807, 2.05) is 19.0 Å². The molecule has 2 aromatic carbocycles. The van der Waals surface area contributed by atoms with E-state index in [0.29, 0.717) is 27.9 Å². The molecule has 9 nitrogen and oxygen atoms in total. The van der Waals surface area contributed by atoms with Crippen LogP contribution in [-0.4, -0.2) is 69.9 Å². The van der Waals surface area contributed by atoms with Crippen LogP contribution in [0.15, 0.2) is 53.3 Å². The number of alkyl halides is 3. The molecule has 0 spiro atoms. The first-order valence-corrected chi connectivity index (χ1v) is 15.7. The van der Waals surface area contributed by atoms with Gasteiger partial charge in [0.2, 0.25) is 5.95 Å². The van der Waals surface area contributed by atoms with Crippen molar-refractivity contribution in [3.63, 3.8) is 0 Å². The summed E-state index contributed by atoms with van der Waals surface area (Å²) >= 11 is 7.14. The predicted molar refractivity (Wildman–Crippen MR) is 170 cm³/mol. The van der Waals surface area contributed by atoms with E-state index in [9.17, 15) is 22.8 Å². The number of halogens is 4. The van der Waals surface area contributed by atoms with Crippen molar-refractivity contribution in [1.82, 2.24) is 24.0 Å². The SMILES string of the molecule is CN(C)c1nc2cc(-n3c(OC(=O)C(F)(F)F)nc4cc(-c5ccc(Cl)cc5)sc4c3=O)ccc2n1CCCN1CCCCC1. The predicted octanol–water partition coefficient (Wildman–Crippen LogP) is 6.53. The molecule has 5 aromatic rings. The van der Waals surface area contributed by atoms with Gasteiger partial charge in [-0.3, -0.25) is 4.79 Å². The maximum atomic E-state index is 13.9. The maximum absolute atomic E-state index is 13.9. The number of anilines is 1. The first-order valence-electron chi connectivity index (χ1n) is 14.5. The number of carbonyl (C=O) groups excluding carboxylic acids is 1. The van der Waals surface area contributed by atoms with Crippen LogP contribution in [0.2, 0.25) is 5.02 Å². The Morgan fingerprint density at radius 2 is 1.73 bits per heavy atom. The smallest absolute Gasteiger partial charge is 0.385 e. The Morgan fingerprint density at radius 3 is 2.42 bits per heavy atom. The Bertz CT molecular complexity index is 1930. The van der Waals surface area contributed by atoms with Gasteiger partial charge in [-0.15, -0.1) is 11.3 Å². The number of esters is 1. The molecule has 236 valence electrons. The number of rotatable bonds is 8. The van der Waals surface area contributed by atoms with Crippen LogP contribution < -0.4 is 15.2 Å². The van der Waals surface area contributed by atoms with Gasteiger partial charge in [0.25, 0.3) is 5.56 Å². The van der Waals surface area contributed by atoms with Gasteiger partial charge in [0.1, 0.15) is 4.70 Å². The second-order valence-electron chi connectivity index (χ2n) is 11.1. The van der Waals surface area contributed by atoms with Crippen molar-refractivity contribution in [2.75, 3.05) is 38.6 Å². The number of likely N-dealkylation sites (tertiary alicyclic amines) is 1. The standard InChI is InChI=1S/C31H30ClF3N6O3S/c1-38(2)29-36-22-17-21(11-12-24(22)40(29)16-6-15-39-13-4-3-5-14-39)41-27(42)26-23(37-30(41)44-28(43)31(33,34)35)18-25(45-26)19-7-9-20(32)10-8-19/h7-12,17-18H,3-6,13-16H2,1-2H3. The van der Waals surface area contributed by atoms with Crippen LogP contribution in [0, 0.1) is 0 Å².